The van der Waals surface area contributed by atoms with Crippen molar-refractivity contribution in [1.29, 1.82) is 0 Å². The molecule has 0 spiro atoms. The zero-order valence-electron chi connectivity index (χ0n) is 9.47. The number of hydrogen-bond donors (Lipinski definition) is 2. The van der Waals surface area contributed by atoms with Crippen molar-refractivity contribution < 1.29 is 14.3 Å². The number of amides is 2. The van der Waals surface area contributed by atoms with Crippen LogP contribution in [0.5, 0.6) is 0 Å². The van der Waals surface area contributed by atoms with E-state index < -0.39 is 6.09 Å². The highest BCUT2D eigenvalue weighted by molar-refractivity contribution is 5.93. The van der Waals surface area contributed by atoms with Crippen LogP contribution in [0, 0.1) is 0 Å². The zero-order chi connectivity index (χ0) is 12.3. The summed E-state index contributed by atoms with van der Waals surface area (Å²) in [7, 11) is 1.32. The number of H-pyrrole nitrogens is 1. The first kappa shape index (κ1) is 11.4. The summed E-state index contributed by atoms with van der Waals surface area (Å²) in [5.74, 6) is -0.0760. The Morgan fingerprint density at radius 1 is 1.65 bits per heavy atom. The van der Waals surface area contributed by atoms with Gasteiger partial charge in [0.15, 0.2) is 0 Å². The van der Waals surface area contributed by atoms with Gasteiger partial charge in [0.1, 0.15) is 0 Å². The van der Waals surface area contributed by atoms with Gasteiger partial charge in [0.2, 0.25) is 0 Å². The highest BCUT2D eigenvalue weighted by Crippen LogP contribution is 2.12. The Hall–Kier alpha value is -2.05. The highest BCUT2D eigenvalue weighted by Gasteiger charge is 2.28. The van der Waals surface area contributed by atoms with E-state index in [0.717, 1.165) is 6.42 Å². The normalized spacial score (nSPS) is 19.1. The molecule has 0 aromatic carbocycles. The Kier molecular flexibility index (Phi) is 3.27. The van der Waals surface area contributed by atoms with Gasteiger partial charge in [-0.3, -0.25) is 9.89 Å². The molecule has 0 radical (unpaired) electrons. The second-order valence-electron chi connectivity index (χ2n) is 3.86. The molecule has 2 heterocycles. The van der Waals surface area contributed by atoms with Gasteiger partial charge in [-0.05, 0) is 6.42 Å². The maximum atomic E-state index is 11.9. The molecule has 1 aromatic rings. The van der Waals surface area contributed by atoms with Crippen LogP contribution in [0.15, 0.2) is 12.4 Å². The van der Waals surface area contributed by atoms with Gasteiger partial charge in [-0.1, -0.05) is 0 Å². The minimum absolute atomic E-state index is 0.0432. The van der Waals surface area contributed by atoms with Crippen molar-refractivity contribution in [2.24, 2.45) is 0 Å². The summed E-state index contributed by atoms with van der Waals surface area (Å²) >= 11 is 0. The van der Waals surface area contributed by atoms with E-state index in [9.17, 15) is 9.59 Å². The first-order chi connectivity index (χ1) is 8.20. The van der Waals surface area contributed by atoms with E-state index in [4.69, 9.17) is 0 Å². The van der Waals surface area contributed by atoms with E-state index in [1.54, 1.807) is 11.1 Å². The molecule has 1 aliphatic rings. The molecule has 2 rings (SSSR count). The lowest BCUT2D eigenvalue weighted by Crippen LogP contribution is -2.38. The van der Waals surface area contributed by atoms with E-state index in [1.165, 1.54) is 13.3 Å². The third kappa shape index (κ3) is 2.55. The number of likely N-dealkylation sites (tertiary alicyclic amines) is 1. The summed E-state index contributed by atoms with van der Waals surface area (Å²) in [6.45, 7) is 1.12. The van der Waals surface area contributed by atoms with E-state index >= 15 is 0 Å². The van der Waals surface area contributed by atoms with Crippen LogP contribution in [0.1, 0.15) is 16.8 Å². The quantitative estimate of drug-likeness (QED) is 0.758. The number of rotatable bonds is 2. The van der Waals surface area contributed by atoms with Gasteiger partial charge in [-0.2, -0.15) is 5.10 Å². The Morgan fingerprint density at radius 3 is 3.12 bits per heavy atom. The Morgan fingerprint density at radius 2 is 2.47 bits per heavy atom. The van der Waals surface area contributed by atoms with Crippen molar-refractivity contribution in [1.82, 2.24) is 20.4 Å². The molecule has 7 heteroatoms. The van der Waals surface area contributed by atoms with Crippen LogP contribution in [0.4, 0.5) is 4.79 Å². The third-order valence-electron chi connectivity index (χ3n) is 2.73. The fourth-order valence-corrected chi connectivity index (χ4v) is 1.84. The van der Waals surface area contributed by atoms with Crippen LogP contribution in [0.3, 0.4) is 0 Å². The minimum atomic E-state index is -0.465. The Bertz CT molecular complexity index is 404. The predicted molar refractivity (Wildman–Crippen MR) is 58.4 cm³/mol. The molecular formula is C10H14N4O3. The molecule has 0 saturated carbocycles. The summed E-state index contributed by atoms with van der Waals surface area (Å²) in [4.78, 5) is 24.6. The van der Waals surface area contributed by atoms with Crippen LogP contribution >= 0.6 is 0 Å². The first-order valence-electron chi connectivity index (χ1n) is 5.33. The van der Waals surface area contributed by atoms with E-state index in [2.05, 4.69) is 20.3 Å². The van der Waals surface area contributed by atoms with Crippen LogP contribution in [0.2, 0.25) is 0 Å². The number of aromatic nitrogens is 2. The van der Waals surface area contributed by atoms with Crippen LogP contribution in [-0.2, 0) is 4.74 Å². The topological polar surface area (TPSA) is 87.3 Å². The average molecular weight is 238 g/mol. The first-order valence-corrected chi connectivity index (χ1v) is 5.33. The van der Waals surface area contributed by atoms with Gasteiger partial charge < -0.3 is 15.0 Å². The fraction of sp³-hybridized carbons (Fsp3) is 0.500. The highest BCUT2D eigenvalue weighted by atomic mass is 16.5. The lowest BCUT2D eigenvalue weighted by Gasteiger charge is -2.15. The van der Waals surface area contributed by atoms with E-state index in [-0.39, 0.29) is 11.9 Å². The molecule has 17 heavy (non-hydrogen) atoms. The Balaban J connectivity index is 1.90. The lowest BCUT2D eigenvalue weighted by molar-refractivity contribution is 0.0788. The summed E-state index contributed by atoms with van der Waals surface area (Å²) in [5, 5.41) is 9.01. The molecule has 1 fully saturated rings. The molecule has 0 aliphatic carbocycles. The monoisotopic (exact) mass is 238 g/mol. The number of methoxy groups -OCH3 is 1. The van der Waals surface area contributed by atoms with E-state index in [0.29, 0.717) is 18.7 Å². The number of ether oxygens (including phenoxy) is 1. The van der Waals surface area contributed by atoms with Crippen molar-refractivity contribution in [3.8, 4) is 0 Å². The molecule has 1 aliphatic heterocycles. The van der Waals surface area contributed by atoms with Gasteiger partial charge in [-0.25, -0.2) is 4.79 Å². The number of hydrogen-bond acceptors (Lipinski definition) is 4. The molecule has 1 atom stereocenters. The van der Waals surface area contributed by atoms with Gasteiger partial charge in [0, 0.05) is 19.3 Å². The SMILES string of the molecule is COC(=O)NC1CCN(C(=O)c2cn[nH]c2)C1. The lowest BCUT2D eigenvalue weighted by atomic mass is 10.3. The number of carbonyl (C=O) groups excluding carboxylic acids is 2. The number of nitrogens with one attached hydrogen (secondary N) is 2. The molecule has 2 amide bonds. The second kappa shape index (κ2) is 4.86. The largest absolute Gasteiger partial charge is 0.453 e. The number of alkyl carbamates (subject to hydrolysis) is 1. The molecule has 1 saturated heterocycles. The van der Waals surface area contributed by atoms with Crippen LogP contribution in [0.25, 0.3) is 0 Å². The third-order valence-corrected chi connectivity index (χ3v) is 2.73. The smallest absolute Gasteiger partial charge is 0.407 e. The number of carbonyl (C=O) groups is 2. The second-order valence-corrected chi connectivity index (χ2v) is 3.86. The fourth-order valence-electron chi connectivity index (χ4n) is 1.84. The number of nitrogens with zero attached hydrogens (tertiary/aromatic N) is 2. The van der Waals surface area contributed by atoms with Crippen LogP contribution in [-0.4, -0.2) is 53.3 Å². The molecule has 2 N–H and O–H groups in total. The van der Waals surface area contributed by atoms with Crippen molar-refractivity contribution in [2.75, 3.05) is 20.2 Å². The standard InChI is InChI=1S/C10H14N4O3/c1-17-10(16)13-8-2-3-14(6-8)9(15)7-4-11-12-5-7/h4-5,8H,2-3,6H2,1H3,(H,11,12)(H,13,16). The molecule has 92 valence electrons. The summed E-state index contributed by atoms with van der Waals surface area (Å²) in [6, 6.07) is -0.0432. The van der Waals surface area contributed by atoms with Gasteiger partial charge in [-0.15, -0.1) is 0 Å². The van der Waals surface area contributed by atoms with Gasteiger partial charge in [0.25, 0.3) is 5.91 Å². The van der Waals surface area contributed by atoms with Gasteiger partial charge >= 0.3 is 6.09 Å². The molecule has 7 nitrogen and oxygen atoms in total. The molecule has 1 aromatic heterocycles. The van der Waals surface area contributed by atoms with Crippen molar-refractivity contribution in [2.45, 2.75) is 12.5 Å². The van der Waals surface area contributed by atoms with Gasteiger partial charge in [0.05, 0.1) is 24.9 Å². The molecule has 0 bridgehead atoms. The van der Waals surface area contributed by atoms with Crippen molar-refractivity contribution in [3.63, 3.8) is 0 Å². The Labute approximate surface area is 98.1 Å². The minimum Gasteiger partial charge on any atom is -0.453 e. The van der Waals surface area contributed by atoms with Crippen molar-refractivity contribution in [3.05, 3.63) is 18.0 Å². The summed E-state index contributed by atoms with van der Waals surface area (Å²) < 4.78 is 4.51. The van der Waals surface area contributed by atoms with E-state index in [1.807, 2.05) is 0 Å². The van der Waals surface area contributed by atoms with Crippen LogP contribution < -0.4 is 5.32 Å². The molecular weight excluding hydrogens is 224 g/mol. The average Bonchev–Trinajstić information content (AvgIpc) is 2.98. The predicted octanol–water partition coefficient (Wildman–Crippen LogP) is -0.0198. The maximum Gasteiger partial charge on any atom is 0.407 e. The number of aromatic amines is 1. The summed E-state index contributed by atoms with van der Waals surface area (Å²) in [5.41, 5.74) is 0.531. The zero-order valence-corrected chi connectivity index (χ0v) is 9.47. The van der Waals surface area contributed by atoms with Crippen molar-refractivity contribution >= 4 is 12.0 Å². The maximum absolute atomic E-state index is 11.9. The summed E-state index contributed by atoms with van der Waals surface area (Å²) in [6.07, 6.45) is 3.32. The molecule has 1 unspecified atom stereocenters.